The van der Waals surface area contributed by atoms with E-state index in [-0.39, 0.29) is 22.7 Å². The van der Waals surface area contributed by atoms with Gasteiger partial charge >= 0.3 is 5.97 Å². The molecule has 0 aliphatic heterocycles. The zero-order valence-electron chi connectivity index (χ0n) is 10.3. The molecule has 0 radical (unpaired) electrons. The van der Waals surface area contributed by atoms with Gasteiger partial charge < -0.3 is 10.2 Å². The molecule has 0 aliphatic carbocycles. The first kappa shape index (κ1) is 12.8. The molecule has 0 saturated heterocycles. The van der Waals surface area contributed by atoms with E-state index >= 15 is 0 Å². The minimum atomic E-state index is -1.14. The molecule has 19 heavy (non-hydrogen) atoms. The van der Waals surface area contributed by atoms with E-state index in [9.17, 15) is 14.7 Å². The van der Waals surface area contributed by atoms with Gasteiger partial charge in [0, 0.05) is 11.1 Å². The zero-order chi connectivity index (χ0) is 14.0. The molecule has 2 rings (SSSR count). The number of phenols is 1. The molecule has 2 aromatic rings. The molecule has 96 valence electrons. The first-order valence-electron chi connectivity index (χ1n) is 5.66. The van der Waals surface area contributed by atoms with Crippen LogP contribution in [0.1, 0.15) is 31.8 Å². The predicted molar refractivity (Wildman–Crippen MR) is 69.7 cm³/mol. The van der Waals surface area contributed by atoms with Crippen LogP contribution < -0.4 is 0 Å². The van der Waals surface area contributed by atoms with Gasteiger partial charge in [-0.1, -0.05) is 11.6 Å². The second-order valence-corrected chi connectivity index (χ2v) is 4.23. The smallest absolute Gasteiger partial charge is 0.336 e. The Morgan fingerprint density at radius 2 is 1.58 bits per heavy atom. The monoisotopic (exact) mass is 256 g/mol. The summed E-state index contributed by atoms with van der Waals surface area (Å²) in [6.45, 7) is 1.79. The molecular weight excluding hydrogens is 244 g/mol. The third kappa shape index (κ3) is 2.63. The maximum atomic E-state index is 12.3. The van der Waals surface area contributed by atoms with E-state index in [1.54, 1.807) is 19.1 Å². The number of benzene rings is 2. The molecule has 0 atom stereocenters. The minimum absolute atomic E-state index is 0.0244. The van der Waals surface area contributed by atoms with Crippen molar-refractivity contribution in [3.05, 3.63) is 64.7 Å². The van der Waals surface area contributed by atoms with Crippen LogP contribution >= 0.6 is 0 Å². The molecule has 0 saturated carbocycles. The van der Waals surface area contributed by atoms with Gasteiger partial charge in [-0.3, -0.25) is 4.79 Å². The Kier molecular flexibility index (Phi) is 3.33. The molecule has 0 aromatic heterocycles. The lowest BCUT2D eigenvalue weighted by atomic mass is 9.96. The van der Waals surface area contributed by atoms with Gasteiger partial charge in [-0.25, -0.2) is 4.79 Å². The van der Waals surface area contributed by atoms with Crippen molar-refractivity contribution in [1.29, 1.82) is 0 Å². The van der Waals surface area contributed by atoms with Gasteiger partial charge in [0.1, 0.15) is 5.75 Å². The van der Waals surface area contributed by atoms with Crippen LogP contribution in [0.4, 0.5) is 0 Å². The molecule has 0 fully saturated rings. The summed E-state index contributed by atoms with van der Waals surface area (Å²) >= 11 is 0. The van der Waals surface area contributed by atoms with Crippen molar-refractivity contribution >= 4 is 11.8 Å². The lowest BCUT2D eigenvalue weighted by Gasteiger charge is -2.07. The maximum absolute atomic E-state index is 12.3. The Hall–Kier alpha value is -2.62. The Balaban J connectivity index is 2.51. The number of aryl methyl sites for hydroxylation is 1. The third-order valence-electron chi connectivity index (χ3n) is 2.78. The van der Waals surface area contributed by atoms with Crippen LogP contribution in [0.5, 0.6) is 5.75 Å². The number of aromatic hydroxyl groups is 1. The Bertz CT molecular complexity index is 642. The number of hydrogen-bond acceptors (Lipinski definition) is 3. The number of carbonyl (C=O) groups is 2. The Morgan fingerprint density at radius 3 is 2.16 bits per heavy atom. The van der Waals surface area contributed by atoms with E-state index < -0.39 is 5.97 Å². The number of carboxylic acids is 1. The van der Waals surface area contributed by atoms with Gasteiger partial charge in [0.05, 0.1) is 5.56 Å². The van der Waals surface area contributed by atoms with E-state index in [1.807, 2.05) is 0 Å². The van der Waals surface area contributed by atoms with Crippen LogP contribution in [0.2, 0.25) is 0 Å². The fourth-order valence-electron chi connectivity index (χ4n) is 1.80. The molecule has 0 spiro atoms. The molecule has 0 heterocycles. The van der Waals surface area contributed by atoms with Gasteiger partial charge in [-0.05, 0) is 43.3 Å². The van der Waals surface area contributed by atoms with Crippen LogP contribution in [0.3, 0.4) is 0 Å². The minimum Gasteiger partial charge on any atom is -0.508 e. The van der Waals surface area contributed by atoms with Gasteiger partial charge in [0.2, 0.25) is 0 Å². The molecule has 0 bridgehead atoms. The van der Waals surface area contributed by atoms with Crippen molar-refractivity contribution in [3.8, 4) is 5.75 Å². The SMILES string of the molecule is Cc1ccc(C(=O)O)c(C(=O)c2ccc(O)cc2)c1. The second-order valence-electron chi connectivity index (χ2n) is 4.23. The van der Waals surface area contributed by atoms with E-state index in [1.165, 1.54) is 30.3 Å². The van der Waals surface area contributed by atoms with Crippen LogP contribution in [-0.4, -0.2) is 22.0 Å². The van der Waals surface area contributed by atoms with Crippen molar-refractivity contribution in [2.45, 2.75) is 6.92 Å². The van der Waals surface area contributed by atoms with E-state index in [0.717, 1.165) is 5.56 Å². The highest BCUT2D eigenvalue weighted by atomic mass is 16.4. The lowest BCUT2D eigenvalue weighted by molar-refractivity contribution is 0.0693. The number of carboxylic acid groups (broad SMARTS) is 1. The highest BCUT2D eigenvalue weighted by Crippen LogP contribution is 2.18. The molecule has 0 aliphatic rings. The molecular formula is C15H12O4. The topological polar surface area (TPSA) is 74.6 Å². The standard InChI is InChI=1S/C15H12O4/c1-9-2-7-12(15(18)19)13(8-9)14(17)10-3-5-11(16)6-4-10/h2-8,16H,1H3,(H,18,19). The van der Waals surface area contributed by atoms with Gasteiger partial charge in [0.15, 0.2) is 5.78 Å². The average Bonchev–Trinajstić information content (AvgIpc) is 2.38. The van der Waals surface area contributed by atoms with E-state index in [4.69, 9.17) is 5.11 Å². The van der Waals surface area contributed by atoms with Crippen molar-refractivity contribution in [2.75, 3.05) is 0 Å². The molecule has 0 unspecified atom stereocenters. The highest BCUT2D eigenvalue weighted by Gasteiger charge is 2.17. The number of aromatic carboxylic acids is 1. The molecule has 2 aromatic carbocycles. The van der Waals surface area contributed by atoms with E-state index in [2.05, 4.69) is 0 Å². The van der Waals surface area contributed by atoms with Gasteiger partial charge in [0.25, 0.3) is 0 Å². The first-order valence-corrected chi connectivity index (χ1v) is 5.66. The molecule has 4 heteroatoms. The number of rotatable bonds is 3. The number of carbonyl (C=O) groups excluding carboxylic acids is 1. The average molecular weight is 256 g/mol. The normalized spacial score (nSPS) is 10.2. The van der Waals surface area contributed by atoms with Gasteiger partial charge in [-0.15, -0.1) is 0 Å². The molecule has 4 nitrogen and oxygen atoms in total. The number of ketones is 1. The van der Waals surface area contributed by atoms with Crippen molar-refractivity contribution in [1.82, 2.24) is 0 Å². The first-order chi connectivity index (χ1) is 8.99. The summed E-state index contributed by atoms with van der Waals surface area (Å²) in [6.07, 6.45) is 0. The summed E-state index contributed by atoms with van der Waals surface area (Å²) in [4.78, 5) is 23.4. The quantitative estimate of drug-likeness (QED) is 0.828. The Morgan fingerprint density at radius 1 is 0.947 bits per heavy atom. The fraction of sp³-hybridized carbons (Fsp3) is 0.0667. The summed E-state index contributed by atoms with van der Waals surface area (Å²) < 4.78 is 0. The summed E-state index contributed by atoms with van der Waals surface area (Å²) in [5.41, 5.74) is 1.28. The maximum Gasteiger partial charge on any atom is 0.336 e. The number of phenolic OH excluding ortho intramolecular Hbond substituents is 1. The van der Waals surface area contributed by atoms with Crippen molar-refractivity contribution in [3.63, 3.8) is 0 Å². The third-order valence-corrected chi connectivity index (χ3v) is 2.78. The summed E-state index contributed by atoms with van der Waals surface area (Å²) in [7, 11) is 0. The van der Waals surface area contributed by atoms with Crippen LogP contribution in [0.25, 0.3) is 0 Å². The second kappa shape index (κ2) is 4.94. The fourth-order valence-corrected chi connectivity index (χ4v) is 1.80. The van der Waals surface area contributed by atoms with Crippen LogP contribution in [-0.2, 0) is 0 Å². The van der Waals surface area contributed by atoms with Crippen LogP contribution in [0.15, 0.2) is 42.5 Å². The number of hydrogen-bond donors (Lipinski definition) is 2. The van der Waals surface area contributed by atoms with Crippen molar-refractivity contribution < 1.29 is 19.8 Å². The zero-order valence-corrected chi connectivity index (χ0v) is 10.3. The van der Waals surface area contributed by atoms with Gasteiger partial charge in [-0.2, -0.15) is 0 Å². The summed E-state index contributed by atoms with van der Waals surface area (Å²) in [5.74, 6) is -1.46. The summed E-state index contributed by atoms with van der Waals surface area (Å²) in [6, 6.07) is 10.3. The molecule has 2 N–H and O–H groups in total. The highest BCUT2D eigenvalue weighted by molar-refractivity contribution is 6.14. The Labute approximate surface area is 109 Å². The lowest BCUT2D eigenvalue weighted by Crippen LogP contribution is -2.10. The van der Waals surface area contributed by atoms with Crippen molar-refractivity contribution in [2.24, 2.45) is 0 Å². The van der Waals surface area contributed by atoms with E-state index in [0.29, 0.717) is 5.56 Å². The van der Waals surface area contributed by atoms with Crippen LogP contribution in [0, 0.1) is 6.92 Å². The predicted octanol–water partition coefficient (Wildman–Crippen LogP) is 2.63. The molecule has 0 amide bonds. The summed E-state index contributed by atoms with van der Waals surface area (Å²) in [5, 5.41) is 18.3. The largest absolute Gasteiger partial charge is 0.508 e.